The molecule has 1 heterocycles. The Labute approximate surface area is 118 Å². The Bertz CT molecular complexity index is 440. The Morgan fingerprint density at radius 2 is 2.26 bits per heavy atom. The molecule has 0 saturated heterocycles. The predicted molar refractivity (Wildman–Crippen MR) is 77.1 cm³/mol. The summed E-state index contributed by atoms with van der Waals surface area (Å²) in [5, 5.41) is 12.4. The van der Waals surface area contributed by atoms with Gasteiger partial charge in [-0.05, 0) is 32.5 Å². The van der Waals surface area contributed by atoms with E-state index in [0.29, 0.717) is 18.4 Å². The van der Waals surface area contributed by atoms with Gasteiger partial charge in [-0.15, -0.1) is 0 Å². The highest BCUT2D eigenvalue weighted by Gasteiger charge is 2.12. The summed E-state index contributed by atoms with van der Waals surface area (Å²) >= 11 is 5.78. The zero-order valence-corrected chi connectivity index (χ0v) is 12.2. The molecule has 1 aromatic heterocycles. The van der Waals surface area contributed by atoms with E-state index in [0.717, 1.165) is 13.0 Å². The van der Waals surface area contributed by atoms with Crippen molar-refractivity contribution >= 4 is 23.4 Å². The second-order valence-corrected chi connectivity index (χ2v) is 4.89. The zero-order valence-electron chi connectivity index (χ0n) is 11.5. The summed E-state index contributed by atoms with van der Waals surface area (Å²) in [5.41, 5.74) is 0.135. The fourth-order valence-electron chi connectivity index (χ4n) is 1.63. The predicted octanol–water partition coefficient (Wildman–Crippen LogP) is 2.58. The van der Waals surface area contributed by atoms with E-state index in [4.69, 9.17) is 16.7 Å². The van der Waals surface area contributed by atoms with Crippen molar-refractivity contribution in [2.75, 3.05) is 25.5 Å². The van der Waals surface area contributed by atoms with E-state index in [1.54, 1.807) is 0 Å². The molecular weight excluding hydrogens is 266 g/mol. The molecule has 5 nitrogen and oxygen atoms in total. The highest BCUT2D eigenvalue weighted by Crippen LogP contribution is 2.16. The van der Waals surface area contributed by atoms with Crippen molar-refractivity contribution in [1.29, 1.82) is 0 Å². The van der Waals surface area contributed by atoms with E-state index >= 15 is 0 Å². The van der Waals surface area contributed by atoms with E-state index in [2.05, 4.69) is 29.0 Å². The summed E-state index contributed by atoms with van der Waals surface area (Å²) < 4.78 is 0. The first-order valence-corrected chi connectivity index (χ1v) is 6.67. The van der Waals surface area contributed by atoms with Gasteiger partial charge in [0.15, 0.2) is 0 Å². The molecule has 1 atom stereocenters. The molecule has 0 aliphatic rings. The number of hydrogen-bond acceptors (Lipinski definition) is 4. The van der Waals surface area contributed by atoms with Crippen LogP contribution in [0.25, 0.3) is 0 Å². The van der Waals surface area contributed by atoms with Crippen LogP contribution >= 0.6 is 11.6 Å². The lowest BCUT2D eigenvalue weighted by Crippen LogP contribution is -2.33. The maximum atomic E-state index is 11.1. The smallest absolute Gasteiger partial charge is 0.339 e. The van der Waals surface area contributed by atoms with Crippen LogP contribution in [0.2, 0.25) is 5.15 Å². The first-order chi connectivity index (χ1) is 8.95. The second-order valence-electron chi connectivity index (χ2n) is 4.50. The number of carbonyl (C=O) groups is 1. The number of nitrogens with zero attached hydrogens (tertiary/aromatic N) is 2. The molecule has 19 heavy (non-hydrogen) atoms. The van der Waals surface area contributed by atoms with Gasteiger partial charge in [-0.25, -0.2) is 9.78 Å². The van der Waals surface area contributed by atoms with E-state index in [1.807, 2.05) is 7.05 Å². The van der Waals surface area contributed by atoms with Crippen molar-refractivity contribution in [3.63, 3.8) is 0 Å². The van der Waals surface area contributed by atoms with E-state index < -0.39 is 5.97 Å². The van der Waals surface area contributed by atoms with Crippen LogP contribution in [0.15, 0.2) is 12.1 Å². The minimum atomic E-state index is -1.01. The molecule has 106 valence electrons. The van der Waals surface area contributed by atoms with Crippen molar-refractivity contribution in [2.24, 2.45) is 0 Å². The highest BCUT2D eigenvalue weighted by molar-refractivity contribution is 6.29. The van der Waals surface area contributed by atoms with E-state index in [9.17, 15) is 4.79 Å². The number of anilines is 1. The number of aromatic carboxylic acids is 1. The summed E-state index contributed by atoms with van der Waals surface area (Å²) in [6.07, 6.45) is 1.08. The number of pyridine rings is 1. The van der Waals surface area contributed by atoms with Crippen LogP contribution in [0.1, 0.15) is 30.6 Å². The average Bonchev–Trinajstić information content (AvgIpc) is 2.37. The van der Waals surface area contributed by atoms with Gasteiger partial charge in [0.2, 0.25) is 0 Å². The van der Waals surface area contributed by atoms with Crippen molar-refractivity contribution in [2.45, 2.75) is 26.3 Å². The maximum absolute atomic E-state index is 11.1. The first-order valence-electron chi connectivity index (χ1n) is 6.29. The molecular formula is C13H20ClN3O2. The molecule has 0 amide bonds. The molecule has 0 spiro atoms. The molecule has 1 unspecified atom stereocenters. The van der Waals surface area contributed by atoms with Crippen LogP contribution in [0.5, 0.6) is 0 Å². The van der Waals surface area contributed by atoms with Crippen molar-refractivity contribution in [1.82, 2.24) is 9.88 Å². The molecule has 6 heteroatoms. The molecule has 1 rings (SSSR count). The Kier molecular flexibility index (Phi) is 6.05. The third-order valence-corrected chi connectivity index (χ3v) is 3.40. The van der Waals surface area contributed by atoms with Crippen molar-refractivity contribution < 1.29 is 9.90 Å². The van der Waals surface area contributed by atoms with Crippen molar-refractivity contribution in [3.8, 4) is 0 Å². The lowest BCUT2D eigenvalue weighted by Gasteiger charge is -2.23. The van der Waals surface area contributed by atoms with Gasteiger partial charge in [-0.1, -0.05) is 18.5 Å². The largest absolute Gasteiger partial charge is 0.478 e. The summed E-state index contributed by atoms with van der Waals surface area (Å²) in [6.45, 7) is 5.71. The monoisotopic (exact) mass is 285 g/mol. The number of carboxylic acid groups (broad SMARTS) is 1. The molecule has 0 aromatic carbocycles. The molecule has 0 bridgehead atoms. The van der Waals surface area contributed by atoms with Gasteiger partial charge in [0, 0.05) is 19.1 Å². The van der Waals surface area contributed by atoms with Gasteiger partial charge in [0.25, 0.3) is 0 Å². The molecule has 0 radical (unpaired) electrons. The Morgan fingerprint density at radius 1 is 1.58 bits per heavy atom. The number of nitrogens with one attached hydrogen (secondary N) is 1. The number of likely N-dealkylation sites (N-methyl/N-ethyl adjacent to an activating group) is 1. The number of hydrogen-bond donors (Lipinski definition) is 2. The van der Waals surface area contributed by atoms with Crippen LogP contribution in [0.4, 0.5) is 5.82 Å². The molecule has 2 N–H and O–H groups in total. The normalized spacial score (nSPS) is 12.5. The van der Waals surface area contributed by atoms with Gasteiger partial charge in [-0.3, -0.25) is 0 Å². The summed E-state index contributed by atoms with van der Waals surface area (Å²) in [4.78, 5) is 17.3. The SMILES string of the molecule is CCC(C)N(C)CCNc1nc(Cl)ccc1C(=O)O. The van der Waals surface area contributed by atoms with Crippen molar-refractivity contribution in [3.05, 3.63) is 22.8 Å². The quantitative estimate of drug-likeness (QED) is 0.754. The average molecular weight is 286 g/mol. The summed E-state index contributed by atoms with van der Waals surface area (Å²) in [7, 11) is 2.04. The van der Waals surface area contributed by atoms with E-state index in [-0.39, 0.29) is 10.7 Å². The molecule has 0 aliphatic carbocycles. The number of halogens is 1. The van der Waals surface area contributed by atoms with E-state index in [1.165, 1.54) is 12.1 Å². The lowest BCUT2D eigenvalue weighted by molar-refractivity contribution is 0.0697. The molecule has 0 aliphatic heterocycles. The number of rotatable bonds is 7. The molecule has 0 saturated carbocycles. The third kappa shape index (κ3) is 4.69. The van der Waals surface area contributed by atoms with Gasteiger partial charge in [0.1, 0.15) is 16.5 Å². The minimum absolute atomic E-state index is 0.135. The maximum Gasteiger partial charge on any atom is 0.339 e. The van der Waals surface area contributed by atoms with Crippen LogP contribution in [-0.2, 0) is 0 Å². The number of carboxylic acids is 1. The van der Waals surface area contributed by atoms with Crippen LogP contribution in [-0.4, -0.2) is 47.1 Å². The Morgan fingerprint density at radius 3 is 2.84 bits per heavy atom. The fourth-order valence-corrected chi connectivity index (χ4v) is 1.77. The van der Waals surface area contributed by atoms with Gasteiger partial charge < -0.3 is 15.3 Å². The Balaban J connectivity index is 2.62. The standard InChI is InChI=1S/C13H20ClN3O2/c1-4-9(2)17(3)8-7-15-12-10(13(18)19)5-6-11(14)16-12/h5-6,9H,4,7-8H2,1-3H3,(H,15,16)(H,18,19). The Hall–Kier alpha value is -1.33. The molecule has 0 fully saturated rings. The summed E-state index contributed by atoms with van der Waals surface area (Å²) in [5.74, 6) is -0.695. The third-order valence-electron chi connectivity index (χ3n) is 3.19. The first kappa shape index (κ1) is 15.7. The topological polar surface area (TPSA) is 65.5 Å². The minimum Gasteiger partial charge on any atom is -0.478 e. The van der Waals surface area contributed by atoms with Crippen LogP contribution < -0.4 is 5.32 Å². The number of aromatic nitrogens is 1. The zero-order chi connectivity index (χ0) is 14.4. The lowest BCUT2D eigenvalue weighted by atomic mass is 10.2. The van der Waals surface area contributed by atoms with Crippen LogP contribution in [0, 0.1) is 0 Å². The van der Waals surface area contributed by atoms with Gasteiger partial charge in [-0.2, -0.15) is 0 Å². The summed E-state index contributed by atoms with van der Waals surface area (Å²) in [6, 6.07) is 3.42. The highest BCUT2D eigenvalue weighted by atomic mass is 35.5. The van der Waals surface area contributed by atoms with Gasteiger partial charge in [0.05, 0.1) is 0 Å². The van der Waals surface area contributed by atoms with Gasteiger partial charge >= 0.3 is 5.97 Å². The molecule has 1 aromatic rings. The van der Waals surface area contributed by atoms with Crippen LogP contribution in [0.3, 0.4) is 0 Å². The fraction of sp³-hybridized carbons (Fsp3) is 0.538. The second kappa shape index (κ2) is 7.31.